The fourth-order valence-corrected chi connectivity index (χ4v) is 3.45. The normalized spacial score (nSPS) is 10.7. The van der Waals surface area contributed by atoms with Crippen molar-refractivity contribution in [3.63, 3.8) is 0 Å². The molecule has 0 aliphatic heterocycles. The molecule has 8 nitrogen and oxygen atoms in total. The number of anilines is 2. The second kappa shape index (κ2) is 12.3. The fourth-order valence-electron chi connectivity index (χ4n) is 2.64. The molecule has 1 aromatic heterocycles. The third kappa shape index (κ3) is 7.74. The van der Waals surface area contributed by atoms with Gasteiger partial charge in [0.2, 0.25) is 5.91 Å². The van der Waals surface area contributed by atoms with E-state index in [-0.39, 0.29) is 11.8 Å². The molecule has 1 aromatic carbocycles. The van der Waals surface area contributed by atoms with Crippen LogP contribution in [0.2, 0.25) is 0 Å². The fraction of sp³-hybridized carbons (Fsp3) is 0.476. The van der Waals surface area contributed by atoms with Gasteiger partial charge in [-0.3, -0.25) is 14.9 Å². The Morgan fingerprint density at radius 2 is 1.73 bits per heavy atom. The zero-order chi connectivity index (χ0) is 21.9. The first kappa shape index (κ1) is 23.8. The molecule has 30 heavy (non-hydrogen) atoms. The van der Waals surface area contributed by atoms with Crippen LogP contribution in [0.5, 0.6) is 0 Å². The Bertz CT molecular complexity index is 834. The highest BCUT2D eigenvalue weighted by molar-refractivity contribution is 7.15. The number of rotatable bonds is 12. The van der Waals surface area contributed by atoms with Crippen molar-refractivity contribution in [2.45, 2.75) is 27.7 Å². The number of aromatic nitrogens is 1. The van der Waals surface area contributed by atoms with Gasteiger partial charge in [0.1, 0.15) is 0 Å². The highest BCUT2D eigenvalue weighted by Gasteiger charge is 2.14. The standard InChI is InChI=1S/C21H30N4O4S/c1-14-18(20(27)25-21-24-15(2)16(3)30-21)6-5-7-19(14)23-9-11-29-13-12-28-10-8-22-17(4)26/h5-7,23H,8-13H2,1-4H3,(H,22,26)(H,24,25,27). The average molecular weight is 435 g/mol. The second-order valence-electron chi connectivity index (χ2n) is 6.73. The summed E-state index contributed by atoms with van der Waals surface area (Å²) in [6, 6.07) is 5.60. The van der Waals surface area contributed by atoms with Crippen molar-refractivity contribution in [3.05, 3.63) is 39.9 Å². The summed E-state index contributed by atoms with van der Waals surface area (Å²) in [6.45, 7) is 10.4. The van der Waals surface area contributed by atoms with Gasteiger partial charge < -0.3 is 20.1 Å². The third-order valence-corrected chi connectivity index (χ3v) is 5.37. The summed E-state index contributed by atoms with van der Waals surface area (Å²) in [5, 5.41) is 9.46. The Morgan fingerprint density at radius 3 is 2.37 bits per heavy atom. The summed E-state index contributed by atoms with van der Waals surface area (Å²) in [7, 11) is 0. The van der Waals surface area contributed by atoms with Gasteiger partial charge in [-0.25, -0.2) is 4.98 Å². The van der Waals surface area contributed by atoms with E-state index >= 15 is 0 Å². The SMILES string of the molecule is CC(=O)NCCOCCOCCNc1cccc(C(=O)Nc2nc(C)c(C)s2)c1C. The quantitative estimate of drug-likeness (QED) is 0.444. The van der Waals surface area contributed by atoms with E-state index < -0.39 is 0 Å². The van der Waals surface area contributed by atoms with Gasteiger partial charge in [0, 0.05) is 36.1 Å². The van der Waals surface area contributed by atoms with Gasteiger partial charge in [-0.2, -0.15) is 0 Å². The van der Waals surface area contributed by atoms with Crippen molar-refractivity contribution in [2.75, 3.05) is 50.2 Å². The van der Waals surface area contributed by atoms with Gasteiger partial charge in [0.25, 0.3) is 5.91 Å². The summed E-state index contributed by atoms with van der Waals surface area (Å²) in [6.07, 6.45) is 0. The number of ether oxygens (including phenoxy) is 2. The third-order valence-electron chi connectivity index (χ3n) is 4.38. The number of hydrogen-bond acceptors (Lipinski definition) is 7. The van der Waals surface area contributed by atoms with Crippen LogP contribution in [0.1, 0.15) is 33.4 Å². The van der Waals surface area contributed by atoms with Crippen LogP contribution in [-0.4, -0.2) is 56.3 Å². The lowest BCUT2D eigenvalue weighted by Crippen LogP contribution is -2.25. The number of nitrogens with one attached hydrogen (secondary N) is 3. The van der Waals surface area contributed by atoms with E-state index in [0.717, 1.165) is 21.8 Å². The van der Waals surface area contributed by atoms with Crippen LogP contribution in [0.25, 0.3) is 0 Å². The smallest absolute Gasteiger partial charge is 0.257 e. The first-order chi connectivity index (χ1) is 14.4. The van der Waals surface area contributed by atoms with Crippen LogP contribution >= 0.6 is 11.3 Å². The van der Waals surface area contributed by atoms with Crippen molar-refractivity contribution < 1.29 is 19.1 Å². The Hall–Kier alpha value is -2.49. The number of benzene rings is 1. The molecule has 0 aliphatic rings. The van der Waals surface area contributed by atoms with Crippen LogP contribution in [0.15, 0.2) is 18.2 Å². The van der Waals surface area contributed by atoms with Gasteiger partial charge in [-0.05, 0) is 38.5 Å². The van der Waals surface area contributed by atoms with Crippen LogP contribution in [-0.2, 0) is 14.3 Å². The Morgan fingerprint density at radius 1 is 1.03 bits per heavy atom. The molecule has 3 N–H and O–H groups in total. The molecule has 1 heterocycles. The number of thiazole rings is 1. The van der Waals surface area contributed by atoms with Gasteiger partial charge in [-0.15, -0.1) is 11.3 Å². The van der Waals surface area contributed by atoms with Crippen molar-refractivity contribution in [3.8, 4) is 0 Å². The molecule has 9 heteroatoms. The number of nitrogens with zero attached hydrogens (tertiary/aromatic N) is 1. The number of aryl methyl sites for hydroxylation is 2. The van der Waals surface area contributed by atoms with Gasteiger partial charge in [0.15, 0.2) is 5.13 Å². The maximum atomic E-state index is 12.6. The number of carbonyl (C=O) groups is 2. The largest absolute Gasteiger partial charge is 0.382 e. The predicted molar refractivity (Wildman–Crippen MR) is 120 cm³/mol. The Balaban J connectivity index is 1.72. The molecular formula is C21H30N4O4S. The molecule has 2 rings (SSSR count). The minimum Gasteiger partial charge on any atom is -0.382 e. The van der Waals surface area contributed by atoms with E-state index in [4.69, 9.17) is 9.47 Å². The highest BCUT2D eigenvalue weighted by Crippen LogP contribution is 2.24. The zero-order valence-electron chi connectivity index (χ0n) is 18.0. The first-order valence-electron chi connectivity index (χ1n) is 9.87. The molecule has 0 fully saturated rings. The van der Waals surface area contributed by atoms with E-state index in [9.17, 15) is 9.59 Å². The van der Waals surface area contributed by atoms with Crippen molar-refractivity contribution in [2.24, 2.45) is 0 Å². The molecule has 0 bridgehead atoms. The van der Waals surface area contributed by atoms with Gasteiger partial charge in [-0.1, -0.05) is 6.07 Å². The summed E-state index contributed by atoms with van der Waals surface area (Å²) >= 11 is 1.47. The average Bonchev–Trinajstić information content (AvgIpc) is 3.01. The maximum Gasteiger partial charge on any atom is 0.257 e. The van der Waals surface area contributed by atoms with Crippen molar-refractivity contribution in [1.29, 1.82) is 0 Å². The number of amides is 2. The minimum atomic E-state index is -0.169. The topological polar surface area (TPSA) is 102 Å². The minimum absolute atomic E-state index is 0.0637. The van der Waals surface area contributed by atoms with Crippen LogP contribution in [0.3, 0.4) is 0 Å². The second-order valence-corrected chi connectivity index (χ2v) is 7.93. The Labute approximate surface area is 181 Å². The molecule has 0 atom stereocenters. The van der Waals surface area contributed by atoms with Crippen LogP contribution < -0.4 is 16.0 Å². The monoisotopic (exact) mass is 434 g/mol. The van der Waals surface area contributed by atoms with E-state index in [1.807, 2.05) is 32.9 Å². The van der Waals surface area contributed by atoms with Crippen LogP contribution in [0, 0.1) is 20.8 Å². The zero-order valence-corrected chi connectivity index (χ0v) is 18.8. The summed E-state index contributed by atoms with van der Waals surface area (Å²) in [5.41, 5.74) is 3.31. The molecule has 0 spiro atoms. The maximum absolute atomic E-state index is 12.6. The highest BCUT2D eigenvalue weighted by atomic mass is 32.1. The van der Waals surface area contributed by atoms with Gasteiger partial charge in [0.05, 0.1) is 32.1 Å². The first-order valence-corrected chi connectivity index (χ1v) is 10.7. The molecule has 0 radical (unpaired) electrons. The number of hydrogen-bond donors (Lipinski definition) is 3. The van der Waals surface area contributed by atoms with Crippen LogP contribution in [0.4, 0.5) is 10.8 Å². The van der Waals surface area contributed by atoms with Crippen molar-refractivity contribution >= 4 is 34.0 Å². The molecule has 164 valence electrons. The lowest BCUT2D eigenvalue weighted by atomic mass is 10.1. The molecule has 2 aromatic rings. The van der Waals surface area contributed by atoms with E-state index in [1.54, 1.807) is 6.07 Å². The molecule has 0 saturated heterocycles. The molecule has 0 saturated carbocycles. The summed E-state index contributed by atoms with van der Waals surface area (Å²) in [5.74, 6) is -0.233. The molecular weight excluding hydrogens is 404 g/mol. The van der Waals surface area contributed by atoms with E-state index in [0.29, 0.717) is 50.2 Å². The molecule has 2 amide bonds. The lowest BCUT2D eigenvalue weighted by molar-refractivity contribution is -0.119. The molecule has 0 aliphatic carbocycles. The summed E-state index contributed by atoms with van der Waals surface area (Å²) < 4.78 is 10.9. The lowest BCUT2D eigenvalue weighted by Gasteiger charge is -2.13. The van der Waals surface area contributed by atoms with E-state index in [2.05, 4.69) is 20.9 Å². The Kier molecular flexibility index (Phi) is 9.72. The van der Waals surface area contributed by atoms with Gasteiger partial charge >= 0.3 is 0 Å². The van der Waals surface area contributed by atoms with Crippen molar-refractivity contribution in [1.82, 2.24) is 10.3 Å². The summed E-state index contributed by atoms with van der Waals surface area (Å²) in [4.78, 5) is 28.8. The number of carbonyl (C=O) groups excluding carboxylic acids is 2. The molecule has 0 unspecified atom stereocenters. The predicted octanol–water partition coefficient (Wildman–Crippen LogP) is 2.90. The van der Waals surface area contributed by atoms with E-state index in [1.165, 1.54) is 18.3 Å².